The second kappa shape index (κ2) is 24.6. The van der Waals surface area contributed by atoms with Gasteiger partial charge in [0.2, 0.25) is 11.4 Å². The highest BCUT2D eigenvalue weighted by Gasteiger charge is 2.64. The van der Waals surface area contributed by atoms with Crippen molar-refractivity contribution in [2.75, 3.05) is 14.2 Å². The molecule has 0 unspecified atom stereocenters. The van der Waals surface area contributed by atoms with Crippen LogP contribution < -0.4 is 18.9 Å². The fraction of sp³-hybridized carbons (Fsp3) is 0.125. The summed E-state index contributed by atoms with van der Waals surface area (Å²) in [5.74, 6) is -3.89. The number of nitriles is 4. The maximum atomic E-state index is 15.8. The highest BCUT2D eigenvalue weighted by Crippen LogP contribution is 2.65. The fourth-order valence-corrected chi connectivity index (χ4v) is 17.4. The van der Waals surface area contributed by atoms with Gasteiger partial charge in [-0.2, -0.15) is 21.0 Å². The van der Waals surface area contributed by atoms with Crippen LogP contribution in [0.5, 0.6) is 23.0 Å². The summed E-state index contributed by atoms with van der Waals surface area (Å²) in [7, 11) is 2.89. The van der Waals surface area contributed by atoms with Crippen LogP contribution in [-0.4, -0.2) is 49.5 Å². The third-order valence-corrected chi connectivity index (χ3v) is 21.2. The Bertz CT molecular complexity index is 4210. The van der Waals surface area contributed by atoms with Crippen LogP contribution in [0.25, 0.3) is 48.4 Å². The van der Waals surface area contributed by atoms with Gasteiger partial charge in [0, 0.05) is 24.3 Å². The third kappa shape index (κ3) is 10.6. The zero-order valence-electron chi connectivity index (χ0n) is 45.7. The lowest BCUT2D eigenvalue weighted by Crippen LogP contribution is -2.52. The predicted molar refractivity (Wildman–Crippen MR) is 332 cm³/mol. The molecule has 0 fully saturated rings. The Balaban J connectivity index is 1.14. The molecule has 8 heterocycles. The monoisotopic (exact) mass is 1270 g/mol. The highest BCUT2D eigenvalue weighted by atomic mass is 32.1. The van der Waals surface area contributed by atoms with Crippen LogP contribution in [0.1, 0.15) is 33.4 Å². The van der Waals surface area contributed by atoms with Crippen molar-refractivity contribution in [1.29, 1.82) is 21.0 Å². The number of aliphatic imine (C=N–C) groups is 2. The van der Waals surface area contributed by atoms with Crippen LogP contribution in [0.4, 0.5) is 10.0 Å². The predicted octanol–water partition coefficient (Wildman–Crippen LogP) is 14.3. The van der Waals surface area contributed by atoms with Crippen molar-refractivity contribution >= 4 is 123 Å². The molecule has 2 aliphatic heterocycles. The number of benzene rings is 4. The Morgan fingerprint density at radius 1 is 0.420 bits per heavy atom. The Morgan fingerprint density at radius 2 is 0.727 bits per heavy atom. The van der Waals surface area contributed by atoms with Crippen molar-refractivity contribution < 1.29 is 57.1 Å². The molecule has 0 radical (unpaired) electrons. The molecule has 10 aromatic rings. The van der Waals surface area contributed by atoms with Crippen LogP contribution in [0.2, 0.25) is 0 Å². The van der Waals surface area contributed by atoms with Crippen molar-refractivity contribution in [2.45, 2.75) is 37.6 Å². The van der Waals surface area contributed by atoms with Crippen molar-refractivity contribution in [2.24, 2.45) is 9.98 Å². The Morgan fingerprint density at radius 3 is 1.01 bits per heavy atom. The van der Waals surface area contributed by atoms with E-state index in [0.717, 1.165) is 45.3 Å². The minimum Gasteiger partial charge on any atom is -0.495 e. The van der Waals surface area contributed by atoms with Gasteiger partial charge in [-0.05, 0) is 22.3 Å². The molecule has 432 valence electrons. The zero-order chi connectivity index (χ0) is 61.1. The summed E-state index contributed by atoms with van der Waals surface area (Å²) in [6.07, 6.45) is 0. The Labute approximate surface area is 524 Å². The average Bonchev–Trinajstić information content (AvgIpc) is 1.51. The van der Waals surface area contributed by atoms with Gasteiger partial charge in [0.15, 0.2) is 0 Å². The van der Waals surface area contributed by atoms with E-state index >= 15 is 19.2 Å². The topological polar surface area (TPSA) is 262 Å². The number of hydrogen-bond acceptors (Lipinski definition) is 24. The number of methoxy groups -OCH3 is 2. The van der Waals surface area contributed by atoms with E-state index in [4.69, 9.17) is 37.9 Å². The molecule has 0 aliphatic carbocycles. The molecular formula is C64H38N6O12S6. The normalized spacial score (nSPS) is 12.7. The first-order valence-corrected chi connectivity index (χ1v) is 31.1. The third-order valence-electron chi connectivity index (χ3n) is 13.7. The lowest BCUT2D eigenvalue weighted by molar-refractivity contribution is -0.184. The molecule has 0 spiro atoms. The van der Waals surface area contributed by atoms with E-state index in [9.17, 15) is 21.0 Å². The molecule has 2 aliphatic rings. The van der Waals surface area contributed by atoms with Gasteiger partial charge in [0.25, 0.3) is 0 Å². The van der Waals surface area contributed by atoms with Crippen LogP contribution in [0.3, 0.4) is 0 Å². The number of thiophene rings is 6. The summed E-state index contributed by atoms with van der Waals surface area (Å²) >= 11 is 6.74. The summed E-state index contributed by atoms with van der Waals surface area (Å²) in [5, 5.41) is 38.9. The van der Waals surface area contributed by atoms with Gasteiger partial charge in [-0.25, -0.2) is 29.2 Å². The van der Waals surface area contributed by atoms with E-state index < -0.39 is 35.1 Å². The lowest BCUT2D eigenvalue weighted by Gasteiger charge is -2.33. The van der Waals surface area contributed by atoms with Gasteiger partial charge in [-0.15, -0.1) is 68.0 Å². The Kier molecular flexibility index (Phi) is 16.2. The molecule has 18 nitrogen and oxygen atoms in total. The Hall–Kier alpha value is -10.3. The van der Waals surface area contributed by atoms with E-state index in [2.05, 4.69) is 9.98 Å². The molecule has 24 heteroatoms. The number of hydrogen-bond donors (Lipinski definition) is 0. The standard InChI is InChI=1S/C64H38N6O12S6/c1-75-41-25-47(69-39(27-65)28-66)85-51(41)45-23-43-53(83-45)55-49(63(81-43,59(71)77-31-35-15-7-3-8-16-35)60(72)78-32-36-17-9-4-10-18-36)57-58(87-55)50-56(88-57)54-44(24-46(84-54)52-42(76-2)26-48(86-52)70-40(29-67)30-68)82-64(50,61(73)79-33-37-19-11-5-12-20-37)62(74)80-34-38-21-13-6-14-22-38/h3-26H,31-34H2,1-2H3. The molecular weight excluding hydrogens is 1240 g/mol. The molecule has 6 aromatic heterocycles. The summed E-state index contributed by atoms with van der Waals surface area (Å²) in [6, 6.07) is 48.9. The maximum absolute atomic E-state index is 15.8. The molecule has 0 bridgehead atoms. The van der Waals surface area contributed by atoms with Gasteiger partial charge in [0.05, 0.1) is 73.8 Å². The largest absolute Gasteiger partial charge is 0.495 e. The van der Waals surface area contributed by atoms with E-state index in [1.165, 1.54) is 36.9 Å². The number of ether oxygens (including phenoxy) is 8. The van der Waals surface area contributed by atoms with Crippen molar-refractivity contribution in [3.05, 3.63) is 179 Å². The fourth-order valence-electron chi connectivity index (χ4n) is 9.66. The van der Waals surface area contributed by atoms with Crippen molar-refractivity contribution in [3.8, 4) is 86.3 Å². The van der Waals surface area contributed by atoms with Gasteiger partial charge in [-0.1, -0.05) is 121 Å². The summed E-state index contributed by atoms with van der Waals surface area (Å²) in [5.41, 5.74) is -4.03. The number of esters is 4. The second-order valence-corrected chi connectivity index (χ2v) is 25.2. The number of carbonyl (C=O) groups is 4. The number of rotatable bonds is 18. The van der Waals surface area contributed by atoms with Crippen molar-refractivity contribution in [3.63, 3.8) is 0 Å². The molecule has 0 atom stereocenters. The molecule has 0 saturated carbocycles. The molecule has 0 N–H and O–H groups in total. The molecule has 12 rings (SSSR count). The molecule has 4 aromatic carbocycles. The first-order chi connectivity index (χ1) is 42.9. The average molecular weight is 1280 g/mol. The summed E-state index contributed by atoms with van der Waals surface area (Å²) in [6.45, 7) is -1.23. The molecule has 0 amide bonds. The van der Waals surface area contributed by atoms with Crippen LogP contribution in [-0.2, 0) is 75.8 Å². The van der Waals surface area contributed by atoms with Gasteiger partial charge < -0.3 is 37.9 Å². The summed E-state index contributed by atoms with van der Waals surface area (Å²) in [4.78, 5) is 75.1. The number of nitrogens with zero attached hydrogens (tertiary/aromatic N) is 6. The quantitative estimate of drug-likeness (QED) is 0.0334. The SMILES string of the molecule is COc1cc(N=C(C#N)C#N)sc1-c1cc2c(s1)-c1sc3c4c(sc3c1C(C(=O)OCc1ccccc1)(C(=O)OCc1ccccc1)O2)-c1sc(-c2sc(N=C(C#N)C#N)cc2OC)cc1OC4(C(=O)OCc1ccccc1)C(=O)OCc1ccccc1. The first kappa shape index (κ1) is 58.1. The van der Waals surface area contributed by atoms with Crippen LogP contribution in [0.15, 0.2) is 156 Å². The molecule has 0 saturated heterocycles. The lowest BCUT2D eigenvalue weighted by atomic mass is 9.88. The molecule has 88 heavy (non-hydrogen) atoms. The van der Waals surface area contributed by atoms with E-state index in [1.807, 2.05) is 0 Å². The van der Waals surface area contributed by atoms with Gasteiger partial charge in [-0.3, -0.25) is 0 Å². The van der Waals surface area contributed by atoms with Gasteiger partial charge in [0.1, 0.15) is 83.7 Å². The van der Waals surface area contributed by atoms with Crippen molar-refractivity contribution in [1.82, 2.24) is 0 Å². The smallest absolute Gasteiger partial charge is 0.367 e. The zero-order valence-corrected chi connectivity index (χ0v) is 50.6. The minimum absolute atomic E-state index is 0.0178. The second-order valence-electron chi connectivity index (χ2n) is 19.0. The van der Waals surface area contributed by atoms with Gasteiger partial charge >= 0.3 is 35.1 Å². The highest BCUT2D eigenvalue weighted by molar-refractivity contribution is 7.35. The van der Waals surface area contributed by atoms with Crippen LogP contribution in [0, 0.1) is 45.3 Å². The van der Waals surface area contributed by atoms with E-state index in [1.54, 1.807) is 170 Å². The summed E-state index contributed by atoms with van der Waals surface area (Å²) < 4.78 is 50.8. The van der Waals surface area contributed by atoms with E-state index in [0.29, 0.717) is 72.8 Å². The van der Waals surface area contributed by atoms with E-state index in [-0.39, 0.29) is 79.9 Å². The number of fused-ring (bicyclic) bond motifs is 9. The minimum atomic E-state index is -2.78. The number of carbonyl (C=O) groups excluding carboxylic acids is 4. The maximum Gasteiger partial charge on any atom is 0.367 e. The first-order valence-electron chi connectivity index (χ1n) is 26.2. The van der Waals surface area contributed by atoms with Crippen LogP contribution >= 0.6 is 68.0 Å².